The lowest BCUT2D eigenvalue weighted by atomic mass is 10.0. The van der Waals surface area contributed by atoms with Crippen LogP contribution >= 0.6 is 0 Å². The Morgan fingerprint density at radius 1 is 1.00 bits per heavy atom. The van der Waals surface area contributed by atoms with Gasteiger partial charge in [-0.15, -0.1) is 0 Å². The second kappa shape index (κ2) is 4.75. The molecule has 2 rings (SSSR count). The summed E-state index contributed by atoms with van der Waals surface area (Å²) < 4.78 is 0. The van der Waals surface area contributed by atoms with Crippen molar-refractivity contribution >= 4 is 11.6 Å². The maximum atomic E-state index is 4.02. The number of benzene rings is 1. The van der Waals surface area contributed by atoms with Crippen LogP contribution in [0.1, 0.15) is 23.6 Å². The number of pyridine rings is 1. The van der Waals surface area contributed by atoms with E-state index in [2.05, 4.69) is 49.2 Å². The third-order valence-electron chi connectivity index (χ3n) is 2.60. The predicted octanol–water partition coefficient (Wildman–Crippen LogP) is 3.95. The Morgan fingerprint density at radius 3 is 2.25 bits per heavy atom. The molecule has 0 bridgehead atoms. The van der Waals surface area contributed by atoms with Crippen molar-refractivity contribution in [1.82, 2.24) is 4.98 Å². The van der Waals surface area contributed by atoms with Gasteiger partial charge >= 0.3 is 0 Å². The van der Waals surface area contributed by atoms with Gasteiger partial charge in [0, 0.05) is 12.4 Å². The van der Waals surface area contributed by atoms with Crippen molar-refractivity contribution in [2.45, 2.75) is 13.8 Å². The first-order valence-corrected chi connectivity index (χ1v) is 5.41. The molecule has 0 spiro atoms. The summed E-state index contributed by atoms with van der Waals surface area (Å²) in [5.41, 5.74) is 5.00. The number of hydrogen-bond acceptors (Lipinski definition) is 1. The molecule has 0 unspecified atom stereocenters. The number of hydrogen-bond donors (Lipinski definition) is 0. The first kappa shape index (κ1) is 10.6. The molecule has 1 aromatic carbocycles. The molecule has 1 nitrogen and oxygen atoms in total. The first-order chi connectivity index (χ1) is 7.75. The third-order valence-corrected chi connectivity index (χ3v) is 2.60. The van der Waals surface area contributed by atoms with Crippen LogP contribution in [0.2, 0.25) is 0 Å². The molecule has 0 radical (unpaired) electrons. The molecule has 2 aromatic rings. The molecular weight excluding hydrogens is 194 g/mol. The van der Waals surface area contributed by atoms with Crippen LogP contribution in [0.25, 0.3) is 11.6 Å². The first-order valence-electron chi connectivity index (χ1n) is 5.41. The van der Waals surface area contributed by atoms with Crippen LogP contribution in [-0.4, -0.2) is 4.98 Å². The van der Waals surface area contributed by atoms with Crippen LogP contribution in [0.4, 0.5) is 0 Å². The highest BCUT2D eigenvalue weighted by Crippen LogP contribution is 2.16. The zero-order valence-electron chi connectivity index (χ0n) is 9.64. The summed E-state index contributed by atoms with van der Waals surface area (Å²) in [4.78, 5) is 4.02. The van der Waals surface area contributed by atoms with E-state index in [1.807, 2.05) is 24.5 Å². The van der Waals surface area contributed by atoms with Crippen LogP contribution in [0, 0.1) is 6.92 Å². The highest BCUT2D eigenvalue weighted by Gasteiger charge is 1.94. The number of rotatable bonds is 2. The fourth-order valence-corrected chi connectivity index (χ4v) is 1.61. The van der Waals surface area contributed by atoms with E-state index in [0.29, 0.717) is 0 Å². The molecule has 0 N–H and O–H groups in total. The van der Waals surface area contributed by atoms with Gasteiger partial charge in [-0.1, -0.05) is 35.9 Å². The van der Waals surface area contributed by atoms with E-state index < -0.39 is 0 Å². The van der Waals surface area contributed by atoms with E-state index in [1.165, 1.54) is 22.3 Å². The SMILES string of the molecule is CC(=Cc1ccc(C)cc1)c1ccncc1. The summed E-state index contributed by atoms with van der Waals surface area (Å²) in [6.07, 6.45) is 5.83. The molecule has 0 fully saturated rings. The van der Waals surface area contributed by atoms with E-state index in [4.69, 9.17) is 0 Å². The molecule has 0 atom stereocenters. The Morgan fingerprint density at radius 2 is 1.62 bits per heavy atom. The number of aromatic nitrogens is 1. The molecule has 0 aliphatic rings. The van der Waals surface area contributed by atoms with Crippen LogP contribution in [0.5, 0.6) is 0 Å². The summed E-state index contributed by atoms with van der Waals surface area (Å²) in [7, 11) is 0. The Kier molecular flexibility index (Phi) is 3.16. The average molecular weight is 209 g/mol. The van der Waals surface area contributed by atoms with Crippen LogP contribution in [-0.2, 0) is 0 Å². The van der Waals surface area contributed by atoms with Crippen molar-refractivity contribution < 1.29 is 0 Å². The van der Waals surface area contributed by atoms with Gasteiger partial charge in [-0.3, -0.25) is 4.98 Å². The topological polar surface area (TPSA) is 12.9 Å². The van der Waals surface area contributed by atoms with Crippen LogP contribution < -0.4 is 0 Å². The van der Waals surface area contributed by atoms with Gasteiger partial charge < -0.3 is 0 Å². The van der Waals surface area contributed by atoms with Crippen molar-refractivity contribution in [1.29, 1.82) is 0 Å². The fraction of sp³-hybridized carbons (Fsp3) is 0.133. The van der Waals surface area contributed by atoms with E-state index in [1.54, 1.807) is 0 Å². The molecule has 0 aliphatic heterocycles. The van der Waals surface area contributed by atoms with Crippen LogP contribution in [0.3, 0.4) is 0 Å². The summed E-state index contributed by atoms with van der Waals surface area (Å²) >= 11 is 0. The van der Waals surface area contributed by atoms with E-state index in [9.17, 15) is 0 Å². The highest BCUT2D eigenvalue weighted by atomic mass is 14.6. The standard InChI is InChI=1S/C15H15N/c1-12-3-5-14(6-4-12)11-13(2)15-7-9-16-10-8-15/h3-11H,1-2H3. The molecule has 16 heavy (non-hydrogen) atoms. The minimum atomic E-state index is 1.22. The van der Waals surface area contributed by atoms with Gasteiger partial charge in [0.1, 0.15) is 0 Å². The minimum absolute atomic E-state index is 1.22. The maximum Gasteiger partial charge on any atom is 0.0273 e. The Balaban J connectivity index is 2.28. The molecule has 1 heteroatoms. The molecule has 0 saturated carbocycles. The highest BCUT2D eigenvalue weighted by molar-refractivity contribution is 5.79. The smallest absolute Gasteiger partial charge is 0.0273 e. The van der Waals surface area contributed by atoms with Crippen molar-refractivity contribution in [3.05, 3.63) is 65.5 Å². The lowest BCUT2D eigenvalue weighted by Crippen LogP contribution is -1.81. The van der Waals surface area contributed by atoms with Gasteiger partial charge in [-0.05, 0) is 42.7 Å². The van der Waals surface area contributed by atoms with Crippen molar-refractivity contribution in [3.8, 4) is 0 Å². The van der Waals surface area contributed by atoms with Gasteiger partial charge in [0.25, 0.3) is 0 Å². The lowest BCUT2D eigenvalue weighted by Gasteiger charge is -2.01. The van der Waals surface area contributed by atoms with Gasteiger partial charge in [-0.2, -0.15) is 0 Å². The molecule has 0 saturated heterocycles. The largest absolute Gasteiger partial charge is 0.265 e. The summed E-state index contributed by atoms with van der Waals surface area (Å²) in [5, 5.41) is 0. The minimum Gasteiger partial charge on any atom is -0.265 e. The number of nitrogens with zero attached hydrogens (tertiary/aromatic N) is 1. The number of allylic oxidation sites excluding steroid dienone is 1. The van der Waals surface area contributed by atoms with Gasteiger partial charge in [0.15, 0.2) is 0 Å². The summed E-state index contributed by atoms with van der Waals surface area (Å²) in [5.74, 6) is 0. The van der Waals surface area contributed by atoms with Crippen molar-refractivity contribution in [2.75, 3.05) is 0 Å². The van der Waals surface area contributed by atoms with Crippen molar-refractivity contribution in [2.24, 2.45) is 0 Å². The zero-order chi connectivity index (χ0) is 11.4. The Labute approximate surface area is 96.5 Å². The van der Waals surface area contributed by atoms with E-state index in [-0.39, 0.29) is 0 Å². The second-order valence-corrected chi connectivity index (χ2v) is 3.97. The molecular formula is C15H15N. The third kappa shape index (κ3) is 2.57. The zero-order valence-corrected chi connectivity index (χ0v) is 9.64. The quantitative estimate of drug-likeness (QED) is 0.729. The molecule has 1 aromatic heterocycles. The predicted molar refractivity (Wildman–Crippen MR) is 69.0 cm³/mol. The average Bonchev–Trinajstić information content (AvgIpc) is 2.33. The number of aryl methyl sites for hydroxylation is 1. The normalized spacial score (nSPS) is 11.5. The molecule has 1 heterocycles. The Hall–Kier alpha value is -1.89. The molecule has 0 amide bonds. The Bertz CT molecular complexity index is 481. The van der Waals surface area contributed by atoms with Crippen molar-refractivity contribution in [3.63, 3.8) is 0 Å². The maximum absolute atomic E-state index is 4.02. The lowest BCUT2D eigenvalue weighted by molar-refractivity contribution is 1.31. The second-order valence-electron chi connectivity index (χ2n) is 3.97. The van der Waals surface area contributed by atoms with Gasteiger partial charge in [-0.25, -0.2) is 0 Å². The fourth-order valence-electron chi connectivity index (χ4n) is 1.61. The summed E-state index contributed by atoms with van der Waals surface area (Å²) in [6, 6.07) is 12.6. The molecule has 0 aliphatic carbocycles. The summed E-state index contributed by atoms with van der Waals surface area (Å²) in [6.45, 7) is 4.22. The van der Waals surface area contributed by atoms with E-state index in [0.717, 1.165) is 0 Å². The van der Waals surface area contributed by atoms with Crippen LogP contribution in [0.15, 0.2) is 48.8 Å². The van der Waals surface area contributed by atoms with Gasteiger partial charge in [0.2, 0.25) is 0 Å². The molecule has 80 valence electrons. The van der Waals surface area contributed by atoms with E-state index >= 15 is 0 Å². The van der Waals surface area contributed by atoms with Gasteiger partial charge in [0.05, 0.1) is 0 Å². The monoisotopic (exact) mass is 209 g/mol.